The molecule has 20 heavy (non-hydrogen) atoms. The molecular weight excluding hydrogens is 268 g/mol. The van der Waals surface area contributed by atoms with E-state index in [9.17, 15) is 13.6 Å². The summed E-state index contributed by atoms with van der Waals surface area (Å²) in [5.74, 6) is -1.67. The van der Waals surface area contributed by atoms with E-state index in [0.29, 0.717) is 5.69 Å². The Morgan fingerprint density at radius 2 is 2.15 bits per heavy atom. The highest BCUT2D eigenvalue weighted by Gasteiger charge is 2.18. The van der Waals surface area contributed by atoms with Gasteiger partial charge in [-0.25, -0.2) is 18.3 Å². The van der Waals surface area contributed by atoms with Crippen LogP contribution in [0.1, 0.15) is 28.7 Å². The van der Waals surface area contributed by atoms with Gasteiger partial charge in [0.25, 0.3) is 0 Å². The van der Waals surface area contributed by atoms with Gasteiger partial charge >= 0.3 is 5.97 Å². The van der Waals surface area contributed by atoms with Crippen LogP contribution < -0.4 is 0 Å². The lowest BCUT2D eigenvalue weighted by Gasteiger charge is -2.05. The van der Waals surface area contributed by atoms with Gasteiger partial charge in [0.15, 0.2) is 5.69 Å². The molecule has 0 saturated carbocycles. The Balaban J connectivity index is 2.26. The van der Waals surface area contributed by atoms with Gasteiger partial charge in [0.2, 0.25) is 0 Å². The minimum absolute atomic E-state index is 0.0121. The highest BCUT2D eigenvalue weighted by atomic mass is 19.1. The Labute approximate surface area is 114 Å². The average molecular weight is 281 g/mol. The molecule has 0 aliphatic carbocycles. The van der Waals surface area contributed by atoms with Crippen LogP contribution in [0.25, 0.3) is 0 Å². The number of hydrogen-bond donors (Lipinski definition) is 0. The third-order valence-corrected chi connectivity index (χ3v) is 2.78. The molecule has 0 amide bonds. The molecule has 1 aromatic carbocycles. The molecule has 0 aliphatic heterocycles. The Morgan fingerprint density at radius 1 is 1.40 bits per heavy atom. The highest BCUT2D eigenvalue weighted by molar-refractivity contribution is 5.88. The summed E-state index contributed by atoms with van der Waals surface area (Å²) in [6.45, 7) is 3.51. The Hall–Kier alpha value is -2.31. The minimum atomic E-state index is -0.587. The maximum absolute atomic E-state index is 13.6. The van der Waals surface area contributed by atoms with E-state index in [4.69, 9.17) is 4.74 Å². The quantitative estimate of drug-likeness (QED) is 0.805. The number of rotatable bonds is 4. The fourth-order valence-electron chi connectivity index (χ4n) is 1.72. The van der Waals surface area contributed by atoms with Crippen molar-refractivity contribution in [1.82, 2.24) is 15.0 Å². The van der Waals surface area contributed by atoms with Crippen LogP contribution >= 0.6 is 0 Å². The highest BCUT2D eigenvalue weighted by Crippen LogP contribution is 2.13. The molecule has 0 fully saturated rings. The Morgan fingerprint density at radius 3 is 2.85 bits per heavy atom. The molecule has 0 spiro atoms. The number of halogens is 2. The first-order valence-corrected chi connectivity index (χ1v) is 6.04. The molecule has 0 aliphatic rings. The van der Waals surface area contributed by atoms with Gasteiger partial charge in [0, 0.05) is 5.56 Å². The van der Waals surface area contributed by atoms with Crippen molar-refractivity contribution < 1.29 is 18.3 Å². The van der Waals surface area contributed by atoms with E-state index in [1.165, 1.54) is 4.68 Å². The normalized spacial score (nSPS) is 10.6. The summed E-state index contributed by atoms with van der Waals surface area (Å²) >= 11 is 0. The van der Waals surface area contributed by atoms with E-state index in [1.807, 2.05) is 0 Å². The lowest BCUT2D eigenvalue weighted by atomic mass is 10.2. The van der Waals surface area contributed by atoms with E-state index in [0.717, 1.165) is 18.2 Å². The van der Waals surface area contributed by atoms with Crippen LogP contribution in [0, 0.1) is 18.6 Å². The van der Waals surface area contributed by atoms with Gasteiger partial charge in [-0.05, 0) is 32.0 Å². The van der Waals surface area contributed by atoms with Crippen molar-refractivity contribution in [2.45, 2.75) is 20.4 Å². The van der Waals surface area contributed by atoms with Crippen molar-refractivity contribution in [2.24, 2.45) is 0 Å². The van der Waals surface area contributed by atoms with Gasteiger partial charge in [0.1, 0.15) is 11.6 Å². The number of aromatic nitrogens is 3. The second-order valence-electron chi connectivity index (χ2n) is 4.14. The summed E-state index contributed by atoms with van der Waals surface area (Å²) in [5, 5.41) is 7.47. The maximum atomic E-state index is 13.6. The third-order valence-electron chi connectivity index (χ3n) is 2.78. The van der Waals surface area contributed by atoms with Gasteiger partial charge in [-0.15, -0.1) is 5.10 Å². The van der Waals surface area contributed by atoms with Crippen LogP contribution in [-0.4, -0.2) is 27.6 Å². The zero-order valence-corrected chi connectivity index (χ0v) is 11.1. The Bertz CT molecular complexity index is 641. The number of ether oxygens (including phenoxy) is 1. The van der Waals surface area contributed by atoms with E-state index in [2.05, 4.69) is 10.3 Å². The molecule has 0 bridgehead atoms. The van der Waals surface area contributed by atoms with Crippen molar-refractivity contribution in [3.8, 4) is 0 Å². The largest absolute Gasteiger partial charge is 0.461 e. The zero-order chi connectivity index (χ0) is 14.7. The summed E-state index contributed by atoms with van der Waals surface area (Å²) in [7, 11) is 0. The molecule has 2 aromatic rings. The molecule has 1 heterocycles. The van der Waals surface area contributed by atoms with Gasteiger partial charge in [-0.1, -0.05) is 5.21 Å². The molecule has 0 saturated heterocycles. The van der Waals surface area contributed by atoms with E-state index >= 15 is 0 Å². The van der Waals surface area contributed by atoms with Crippen LogP contribution in [-0.2, 0) is 11.3 Å². The lowest BCUT2D eigenvalue weighted by Crippen LogP contribution is -2.09. The first kappa shape index (κ1) is 14.1. The summed E-state index contributed by atoms with van der Waals surface area (Å²) in [4.78, 5) is 11.6. The molecule has 0 radical (unpaired) electrons. The summed E-state index contributed by atoms with van der Waals surface area (Å²) in [6.07, 6.45) is 0. The number of benzene rings is 1. The van der Waals surface area contributed by atoms with Crippen molar-refractivity contribution in [3.05, 3.63) is 46.8 Å². The first-order valence-electron chi connectivity index (χ1n) is 6.04. The predicted molar refractivity (Wildman–Crippen MR) is 66.2 cm³/mol. The van der Waals surface area contributed by atoms with E-state index in [1.54, 1.807) is 13.8 Å². The van der Waals surface area contributed by atoms with Crippen molar-refractivity contribution in [1.29, 1.82) is 0 Å². The molecule has 106 valence electrons. The number of nitrogens with zero attached hydrogens (tertiary/aromatic N) is 3. The van der Waals surface area contributed by atoms with Gasteiger partial charge < -0.3 is 4.74 Å². The summed E-state index contributed by atoms with van der Waals surface area (Å²) in [6, 6.07) is 3.17. The van der Waals surface area contributed by atoms with E-state index < -0.39 is 17.6 Å². The monoisotopic (exact) mass is 281 g/mol. The molecule has 0 atom stereocenters. The molecule has 0 unspecified atom stereocenters. The maximum Gasteiger partial charge on any atom is 0.360 e. The summed E-state index contributed by atoms with van der Waals surface area (Å²) in [5.41, 5.74) is 0.643. The van der Waals surface area contributed by atoms with E-state index in [-0.39, 0.29) is 24.4 Å². The number of esters is 1. The zero-order valence-electron chi connectivity index (χ0n) is 11.1. The fraction of sp³-hybridized carbons (Fsp3) is 0.308. The summed E-state index contributed by atoms with van der Waals surface area (Å²) < 4.78 is 32.8. The number of carbonyl (C=O) groups is 1. The second-order valence-corrected chi connectivity index (χ2v) is 4.14. The van der Waals surface area contributed by atoms with Gasteiger partial charge in [-0.3, -0.25) is 0 Å². The van der Waals surface area contributed by atoms with Crippen LogP contribution in [0.4, 0.5) is 8.78 Å². The van der Waals surface area contributed by atoms with Crippen LogP contribution in [0.2, 0.25) is 0 Å². The third kappa shape index (κ3) is 2.81. The Kier molecular flexibility index (Phi) is 4.07. The van der Waals surface area contributed by atoms with Crippen molar-refractivity contribution in [2.75, 3.05) is 6.61 Å². The second kappa shape index (κ2) is 5.77. The molecule has 2 rings (SSSR count). The topological polar surface area (TPSA) is 57.0 Å². The number of carbonyl (C=O) groups excluding carboxylic acids is 1. The smallest absolute Gasteiger partial charge is 0.360 e. The van der Waals surface area contributed by atoms with Crippen LogP contribution in [0.3, 0.4) is 0 Å². The van der Waals surface area contributed by atoms with Gasteiger partial charge in [0.05, 0.1) is 18.8 Å². The average Bonchev–Trinajstić information content (AvgIpc) is 2.76. The van der Waals surface area contributed by atoms with Gasteiger partial charge in [-0.2, -0.15) is 0 Å². The number of hydrogen-bond acceptors (Lipinski definition) is 4. The van der Waals surface area contributed by atoms with Crippen molar-refractivity contribution in [3.63, 3.8) is 0 Å². The lowest BCUT2D eigenvalue weighted by molar-refractivity contribution is 0.0518. The minimum Gasteiger partial charge on any atom is -0.461 e. The van der Waals surface area contributed by atoms with Crippen LogP contribution in [0.15, 0.2) is 18.2 Å². The SMILES string of the molecule is CCOC(=O)c1nnn(Cc2cc(F)ccc2F)c1C. The first-order chi connectivity index (χ1) is 9.52. The predicted octanol–water partition coefficient (Wildman–Crippen LogP) is 2.09. The van der Waals surface area contributed by atoms with Crippen LogP contribution in [0.5, 0.6) is 0 Å². The molecule has 7 heteroatoms. The molecule has 0 N–H and O–H groups in total. The molecule has 5 nitrogen and oxygen atoms in total. The fourth-order valence-corrected chi connectivity index (χ4v) is 1.72. The molecule has 1 aromatic heterocycles. The standard InChI is InChI=1S/C13H13F2N3O2/c1-3-20-13(19)12-8(2)18(17-16-12)7-9-6-10(14)4-5-11(9)15/h4-6H,3,7H2,1-2H3. The van der Waals surface area contributed by atoms with Crippen molar-refractivity contribution >= 4 is 5.97 Å². The molecular formula is C13H13F2N3O2.